The van der Waals surface area contributed by atoms with Crippen LogP contribution in [0.3, 0.4) is 0 Å². The zero-order chi connectivity index (χ0) is 13.2. The molecule has 0 bridgehead atoms. The second kappa shape index (κ2) is 5.72. The van der Waals surface area contributed by atoms with Gasteiger partial charge in [-0.3, -0.25) is 0 Å². The molecule has 1 aromatic rings. The van der Waals surface area contributed by atoms with E-state index >= 15 is 0 Å². The van der Waals surface area contributed by atoms with Gasteiger partial charge in [0.2, 0.25) is 10.0 Å². The number of sulfonamides is 1. The molecule has 100 valence electrons. The van der Waals surface area contributed by atoms with Crippen molar-refractivity contribution in [1.82, 2.24) is 4.72 Å². The number of alkyl halides is 1. The predicted octanol–water partition coefficient (Wildman–Crippen LogP) is 2.63. The minimum Gasteiger partial charge on any atom is -0.208 e. The molecule has 0 heterocycles. The Kier molecular flexibility index (Phi) is 4.45. The maximum atomic E-state index is 12.2. The molecule has 0 aromatic heterocycles. The smallest absolute Gasteiger partial charge is 0.208 e. The zero-order valence-electron chi connectivity index (χ0n) is 10.4. The normalized spacial score (nSPS) is 16.6. The van der Waals surface area contributed by atoms with Gasteiger partial charge >= 0.3 is 0 Å². The third kappa shape index (κ3) is 3.13. The van der Waals surface area contributed by atoms with Crippen LogP contribution in [0.15, 0.2) is 23.1 Å². The van der Waals surface area contributed by atoms with E-state index < -0.39 is 10.0 Å². The van der Waals surface area contributed by atoms with E-state index in [-0.39, 0.29) is 6.04 Å². The van der Waals surface area contributed by atoms with Crippen LogP contribution in [0.4, 0.5) is 0 Å². The fourth-order valence-electron chi connectivity index (χ4n) is 2.27. The summed E-state index contributed by atoms with van der Waals surface area (Å²) in [5, 5.41) is 0.793. The molecule has 18 heavy (non-hydrogen) atoms. The van der Waals surface area contributed by atoms with Crippen molar-refractivity contribution in [3.63, 3.8) is 0 Å². The van der Waals surface area contributed by atoms with Crippen LogP contribution in [-0.2, 0) is 22.9 Å². The number of rotatable bonds is 5. The summed E-state index contributed by atoms with van der Waals surface area (Å²) in [7, 11) is -3.37. The summed E-state index contributed by atoms with van der Waals surface area (Å²) in [6.07, 6.45) is 3.98. The van der Waals surface area contributed by atoms with Gasteiger partial charge in [0.15, 0.2) is 0 Å². The number of benzene rings is 1. The zero-order valence-corrected chi connectivity index (χ0v) is 12.9. The van der Waals surface area contributed by atoms with Crippen LogP contribution in [0.5, 0.6) is 0 Å². The van der Waals surface area contributed by atoms with Crippen molar-refractivity contribution in [3.8, 4) is 0 Å². The highest BCUT2D eigenvalue weighted by Crippen LogP contribution is 2.24. The number of aryl methyl sites for hydroxylation is 2. The van der Waals surface area contributed by atoms with E-state index in [9.17, 15) is 8.42 Å². The molecule has 1 aliphatic rings. The summed E-state index contributed by atoms with van der Waals surface area (Å²) in [6, 6.07) is 5.44. The lowest BCUT2D eigenvalue weighted by Crippen LogP contribution is -2.32. The molecule has 0 amide bonds. The summed E-state index contributed by atoms with van der Waals surface area (Å²) in [5.74, 6) is 0. The molecular formula is C13H18BrNO2S. The third-order valence-electron chi connectivity index (χ3n) is 3.28. The topological polar surface area (TPSA) is 46.2 Å². The largest absolute Gasteiger partial charge is 0.240 e. The lowest BCUT2D eigenvalue weighted by atomic mass is 10.1. The van der Waals surface area contributed by atoms with Gasteiger partial charge in [-0.1, -0.05) is 22.0 Å². The van der Waals surface area contributed by atoms with Crippen LogP contribution in [-0.4, -0.2) is 19.8 Å². The fourth-order valence-corrected chi connectivity index (χ4v) is 4.29. The van der Waals surface area contributed by atoms with Crippen LogP contribution >= 0.6 is 15.9 Å². The summed E-state index contributed by atoms with van der Waals surface area (Å²) < 4.78 is 27.1. The Morgan fingerprint density at radius 2 is 2.06 bits per heavy atom. The monoisotopic (exact) mass is 331 g/mol. The number of fused-ring (bicyclic) bond motifs is 1. The lowest BCUT2D eigenvalue weighted by Gasteiger charge is -2.13. The van der Waals surface area contributed by atoms with Crippen molar-refractivity contribution in [2.45, 2.75) is 43.5 Å². The highest BCUT2D eigenvalue weighted by Gasteiger charge is 2.19. The third-order valence-corrected chi connectivity index (χ3v) is 5.32. The highest BCUT2D eigenvalue weighted by molar-refractivity contribution is 9.09. The quantitative estimate of drug-likeness (QED) is 0.843. The van der Waals surface area contributed by atoms with Crippen molar-refractivity contribution in [3.05, 3.63) is 29.3 Å². The molecule has 1 aliphatic carbocycles. The molecule has 0 radical (unpaired) electrons. The minimum absolute atomic E-state index is 0.0531. The molecule has 2 rings (SSSR count). The molecule has 0 spiro atoms. The average molecular weight is 332 g/mol. The second-order valence-electron chi connectivity index (χ2n) is 4.78. The average Bonchev–Trinajstić information content (AvgIpc) is 2.75. The molecule has 0 saturated carbocycles. The molecule has 5 heteroatoms. The number of hydrogen-bond acceptors (Lipinski definition) is 2. The molecule has 1 unspecified atom stereocenters. The Labute approximate surface area is 117 Å². The Morgan fingerprint density at radius 3 is 2.78 bits per heavy atom. The number of nitrogens with one attached hydrogen (secondary N) is 1. The first-order valence-corrected chi connectivity index (χ1v) is 8.83. The van der Waals surface area contributed by atoms with Crippen molar-refractivity contribution < 1.29 is 8.42 Å². The van der Waals surface area contributed by atoms with E-state index in [0.29, 0.717) is 4.90 Å². The van der Waals surface area contributed by atoms with E-state index in [1.54, 1.807) is 6.07 Å². The van der Waals surface area contributed by atoms with Crippen molar-refractivity contribution >= 4 is 26.0 Å². The van der Waals surface area contributed by atoms with Gasteiger partial charge in [0.1, 0.15) is 0 Å². The summed E-state index contributed by atoms with van der Waals surface area (Å²) in [4.78, 5) is 0.393. The van der Waals surface area contributed by atoms with Crippen molar-refractivity contribution in [2.75, 3.05) is 5.33 Å². The number of halogens is 1. The summed E-state index contributed by atoms with van der Waals surface area (Å²) >= 11 is 3.32. The molecule has 1 aromatic carbocycles. The molecule has 0 fully saturated rings. The first kappa shape index (κ1) is 14.0. The van der Waals surface area contributed by atoms with E-state index in [4.69, 9.17) is 0 Å². The SMILES string of the molecule is CC(CCBr)NS(=O)(=O)c1ccc2c(c1)CCC2. The van der Waals surface area contributed by atoms with Gasteiger partial charge in [-0.15, -0.1) is 0 Å². The minimum atomic E-state index is -3.37. The predicted molar refractivity (Wildman–Crippen MR) is 76.7 cm³/mol. The van der Waals surface area contributed by atoms with E-state index in [2.05, 4.69) is 20.7 Å². The Bertz CT molecular complexity index is 528. The number of hydrogen-bond donors (Lipinski definition) is 1. The van der Waals surface area contributed by atoms with E-state index in [1.807, 2.05) is 19.1 Å². The second-order valence-corrected chi connectivity index (χ2v) is 7.29. The van der Waals surface area contributed by atoms with Crippen LogP contribution in [0.1, 0.15) is 30.9 Å². The standard InChI is InChI=1S/C13H18BrNO2S/c1-10(7-8-14)15-18(16,17)13-6-5-11-3-2-4-12(11)9-13/h5-6,9-10,15H,2-4,7-8H2,1H3. The van der Waals surface area contributed by atoms with Gasteiger partial charge < -0.3 is 0 Å². The van der Waals surface area contributed by atoms with Gasteiger partial charge in [0, 0.05) is 11.4 Å². The molecule has 1 atom stereocenters. The Hall–Kier alpha value is -0.390. The molecule has 0 aliphatic heterocycles. The fraction of sp³-hybridized carbons (Fsp3) is 0.538. The van der Waals surface area contributed by atoms with Crippen molar-refractivity contribution in [1.29, 1.82) is 0 Å². The molecule has 3 nitrogen and oxygen atoms in total. The lowest BCUT2D eigenvalue weighted by molar-refractivity contribution is 0.557. The summed E-state index contributed by atoms with van der Waals surface area (Å²) in [5.41, 5.74) is 2.48. The maximum absolute atomic E-state index is 12.2. The van der Waals surface area contributed by atoms with Crippen molar-refractivity contribution in [2.24, 2.45) is 0 Å². The van der Waals surface area contributed by atoms with Gasteiger partial charge in [-0.25, -0.2) is 13.1 Å². The Morgan fingerprint density at radius 1 is 1.33 bits per heavy atom. The van der Waals surface area contributed by atoms with Crippen LogP contribution in [0, 0.1) is 0 Å². The van der Waals surface area contributed by atoms with Gasteiger partial charge in [-0.05, 0) is 55.9 Å². The van der Waals surface area contributed by atoms with E-state index in [1.165, 1.54) is 11.1 Å². The highest BCUT2D eigenvalue weighted by atomic mass is 79.9. The summed E-state index contributed by atoms with van der Waals surface area (Å²) in [6.45, 7) is 1.88. The van der Waals surface area contributed by atoms with Crippen LogP contribution in [0.25, 0.3) is 0 Å². The molecule has 0 saturated heterocycles. The van der Waals surface area contributed by atoms with E-state index in [0.717, 1.165) is 31.0 Å². The first-order valence-electron chi connectivity index (χ1n) is 6.23. The van der Waals surface area contributed by atoms with Crippen LogP contribution < -0.4 is 4.72 Å². The van der Waals surface area contributed by atoms with Gasteiger partial charge in [-0.2, -0.15) is 0 Å². The molecular weight excluding hydrogens is 314 g/mol. The Balaban J connectivity index is 2.19. The van der Waals surface area contributed by atoms with Gasteiger partial charge in [0.05, 0.1) is 4.90 Å². The first-order chi connectivity index (χ1) is 8.53. The molecule has 1 N–H and O–H groups in total. The van der Waals surface area contributed by atoms with Gasteiger partial charge in [0.25, 0.3) is 0 Å². The maximum Gasteiger partial charge on any atom is 0.240 e. The van der Waals surface area contributed by atoms with Crippen LogP contribution in [0.2, 0.25) is 0 Å².